The van der Waals surface area contributed by atoms with Crippen molar-refractivity contribution < 1.29 is 23.8 Å². The number of hydrogen-bond acceptors (Lipinski definition) is 5. The van der Waals surface area contributed by atoms with Gasteiger partial charge in [-0.15, -0.1) is 0 Å². The second-order valence-electron chi connectivity index (χ2n) is 7.56. The molecule has 2 amide bonds. The number of methoxy groups -OCH3 is 1. The van der Waals surface area contributed by atoms with Crippen molar-refractivity contribution in [2.45, 2.75) is 32.8 Å². The third-order valence-corrected chi connectivity index (χ3v) is 4.78. The maximum absolute atomic E-state index is 12.4. The van der Waals surface area contributed by atoms with Crippen molar-refractivity contribution in [2.24, 2.45) is 5.92 Å². The topological polar surface area (TPSA) is 65.1 Å². The summed E-state index contributed by atoms with van der Waals surface area (Å²) in [5.74, 6) is 1.35. The zero-order chi connectivity index (χ0) is 20.8. The van der Waals surface area contributed by atoms with Crippen molar-refractivity contribution in [2.75, 3.05) is 20.3 Å². The molecule has 1 aliphatic rings. The van der Waals surface area contributed by atoms with Gasteiger partial charge in [-0.1, -0.05) is 50.2 Å². The van der Waals surface area contributed by atoms with Crippen LogP contribution in [0, 0.1) is 5.92 Å². The van der Waals surface area contributed by atoms with Crippen LogP contribution in [0.4, 0.5) is 4.79 Å². The molecule has 0 bridgehead atoms. The van der Waals surface area contributed by atoms with Crippen molar-refractivity contribution in [3.8, 4) is 11.5 Å². The first-order valence-electron chi connectivity index (χ1n) is 9.79. The monoisotopic (exact) mass is 397 g/mol. The number of rotatable bonds is 7. The molecule has 1 fully saturated rings. The fraction of sp³-hybridized carbons (Fsp3) is 0.391. The molecule has 6 nitrogen and oxygen atoms in total. The number of nitrogens with zero attached hydrogens (tertiary/aromatic N) is 1. The number of carbonyl (C=O) groups excluding carboxylic acids is 2. The highest BCUT2D eigenvalue weighted by Crippen LogP contribution is 2.35. The van der Waals surface area contributed by atoms with Crippen molar-refractivity contribution in [1.29, 1.82) is 0 Å². The fourth-order valence-corrected chi connectivity index (χ4v) is 3.22. The summed E-state index contributed by atoms with van der Waals surface area (Å²) >= 11 is 0. The Balaban J connectivity index is 1.66. The summed E-state index contributed by atoms with van der Waals surface area (Å²) in [5.41, 5.74) is 1.82. The van der Waals surface area contributed by atoms with Gasteiger partial charge in [0.15, 0.2) is 11.5 Å². The molecule has 0 saturated carbocycles. The molecule has 0 N–H and O–H groups in total. The molecule has 1 saturated heterocycles. The zero-order valence-corrected chi connectivity index (χ0v) is 17.1. The Labute approximate surface area is 171 Å². The Kier molecular flexibility index (Phi) is 6.75. The number of likely N-dealkylation sites (tertiary alicyclic amines) is 1. The number of hydrogen-bond donors (Lipinski definition) is 0. The predicted molar refractivity (Wildman–Crippen MR) is 109 cm³/mol. The second-order valence-corrected chi connectivity index (χ2v) is 7.56. The van der Waals surface area contributed by atoms with Gasteiger partial charge < -0.3 is 14.2 Å². The Morgan fingerprint density at radius 3 is 2.59 bits per heavy atom. The largest absolute Gasteiger partial charge is 0.493 e. The summed E-state index contributed by atoms with van der Waals surface area (Å²) in [6, 6.07) is 15.1. The summed E-state index contributed by atoms with van der Waals surface area (Å²) in [4.78, 5) is 26.0. The van der Waals surface area contributed by atoms with Gasteiger partial charge in [0.25, 0.3) is 0 Å². The minimum absolute atomic E-state index is 0.0981. The van der Waals surface area contributed by atoms with E-state index in [0.29, 0.717) is 30.6 Å². The molecule has 1 aliphatic heterocycles. The summed E-state index contributed by atoms with van der Waals surface area (Å²) < 4.78 is 16.5. The van der Waals surface area contributed by atoms with Gasteiger partial charge in [-0.25, -0.2) is 9.69 Å². The molecule has 6 heteroatoms. The van der Waals surface area contributed by atoms with Gasteiger partial charge in [0.05, 0.1) is 13.7 Å². The lowest BCUT2D eigenvalue weighted by atomic mass is 9.98. The van der Waals surface area contributed by atoms with Crippen LogP contribution in [0.2, 0.25) is 0 Å². The molecule has 2 aromatic rings. The Morgan fingerprint density at radius 1 is 1.14 bits per heavy atom. The predicted octanol–water partition coefficient (Wildman–Crippen LogP) is 4.38. The third kappa shape index (κ3) is 5.28. The first-order chi connectivity index (χ1) is 14.0. The molecule has 29 heavy (non-hydrogen) atoms. The van der Waals surface area contributed by atoms with Gasteiger partial charge in [0.2, 0.25) is 5.91 Å². The maximum Gasteiger partial charge on any atom is 0.416 e. The van der Waals surface area contributed by atoms with Crippen LogP contribution in [-0.2, 0) is 16.1 Å². The highest BCUT2D eigenvalue weighted by Gasteiger charge is 2.36. The molecule has 0 aromatic heterocycles. The third-order valence-electron chi connectivity index (χ3n) is 4.78. The highest BCUT2D eigenvalue weighted by molar-refractivity contribution is 5.94. The lowest BCUT2D eigenvalue weighted by Gasteiger charge is -2.17. The molecular formula is C23H27NO5. The van der Waals surface area contributed by atoms with E-state index in [9.17, 15) is 9.59 Å². The van der Waals surface area contributed by atoms with E-state index in [2.05, 4.69) is 13.8 Å². The number of benzene rings is 2. The van der Waals surface area contributed by atoms with Gasteiger partial charge in [-0.2, -0.15) is 0 Å². The maximum atomic E-state index is 12.4. The average Bonchev–Trinajstić information content (AvgIpc) is 3.12. The summed E-state index contributed by atoms with van der Waals surface area (Å²) in [6.07, 6.45) is -0.345. The van der Waals surface area contributed by atoms with Gasteiger partial charge in [-0.05, 0) is 29.2 Å². The van der Waals surface area contributed by atoms with E-state index in [-0.39, 0.29) is 24.9 Å². The van der Waals surface area contributed by atoms with E-state index in [4.69, 9.17) is 14.2 Å². The zero-order valence-electron chi connectivity index (χ0n) is 17.1. The van der Waals surface area contributed by atoms with Gasteiger partial charge in [0.1, 0.15) is 6.61 Å². The molecule has 1 unspecified atom stereocenters. The van der Waals surface area contributed by atoms with Crippen LogP contribution in [0.15, 0.2) is 48.5 Å². The minimum Gasteiger partial charge on any atom is -0.493 e. The van der Waals surface area contributed by atoms with Crippen LogP contribution >= 0.6 is 0 Å². The van der Waals surface area contributed by atoms with Crippen molar-refractivity contribution >= 4 is 12.0 Å². The molecule has 0 spiro atoms. The quantitative estimate of drug-likeness (QED) is 0.694. The van der Waals surface area contributed by atoms with Gasteiger partial charge in [0, 0.05) is 18.9 Å². The van der Waals surface area contributed by atoms with Crippen molar-refractivity contribution in [3.05, 3.63) is 59.7 Å². The second kappa shape index (κ2) is 9.45. The number of amides is 2. The van der Waals surface area contributed by atoms with Crippen molar-refractivity contribution in [1.82, 2.24) is 4.90 Å². The fourth-order valence-electron chi connectivity index (χ4n) is 3.22. The Hall–Kier alpha value is -3.02. The van der Waals surface area contributed by atoms with Crippen molar-refractivity contribution in [3.63, 3.8) is 0 Å². The van der Waals surface area contributed by atoms with Crippen LogP contribution in [0.5, 0.6) is 11.5 Å². The van der Waals surface area contributed by atoms with E-state index in [1.54, 1.807) is 7.11 Å². The van der Waals surface area contributed by atoms with E-state index in [1.165, 1.54) is 4.90 Å². The minimum atomic E-state index is -0.605. The first kappa shape index (κ1) is 20.7. The normalized spacial score (nSPS) is 16.2. The van der Waals surface area contributed by atoms with Gasteiger partial charge in [-0.3, -0.25) is 4.79 Å². The number of carbonyl (C=O) groups is 2. The summed E-state index contributed by atoms with van der Waals surface area (Å²) in [5, 5.41) is 0. The molecule has 1 atom stereocenters. The van der Waals surface area contributed by atoms with Crippen LogP contribution in [-0.4, -0.2) is 37.2 Å². The van der Waals surface area contributed by atoms with Gasteiger partial charge >= 0.3 is 6.09 Å². The summed E-state index contributed by atoms with van der Waals surface area (Å²) in [6.45, 7) is 5.16. The molecular weight excluding hydrogens is 370 g/mol. The van der Waals surface area contributed by atoms with Crippen LogP contribution in [0.3, 0.4) is 0 Å². The lowest BCUT2D eigenvalue weighted by Crippen LogP contribution is -2.32. The molecule has 3 rings (SSSR count). The Morgan fingerprint density at radius 2 is 1.90 bits per heavy atom. The smallest absolute Gasteiger partial charge is 0.416 e. The van der Waals surface area contributed by atoms with Crippen LogP contribution in [0.1, 0.15) is 37.3 Å². The first-order valence-corrected chi connectivity index (χ1v) is 9.79. The van der Waals surface area contributed by atoms with E-state index >= 15 is 0 Å². The van der Waals surface area contributed by atoms with E-state index in [0.717, 1.165) is 11.1 Å². The molecule has 0 aliphatic carbocycles. The lowest BCUT2D eigenvalue weighted by molar-refractivity contribution is -0.126. The van der Waals surface area contributed by atoms with Crippen LogP contribution < -0.4 is 9.47 Å². The average molecular weight is 397 g/mol. The molecule has 154 valence electrons. The standard InChI is InChI=1S/C23H27NO5/c1-16(2)14-28-21-11-18(9-10-20(21)27-3)19-12-22(25)24(13-19)23(26)29-15-17-7-5-4-6-8-17/h4-11,16,19H,12-15H2,1-3H3. The number of imide groups is 1. The highest BCUT2D eigenvalue weighted by atomic mass is 16.6. The van der Waals surface area contributed by atoms with Crippen LogP contribution in [0.25, 0.3) is 0 Å². The van der Waals surface area contributed by atoms with E-state index in [1.807, 2.05) is 48.5 Å². The SMILES string of the molecule is COc1ccc(C2CC(=O)N(C(=O)OCc3ccccc3)C2)cc1OCC(C)C. The molecule has 1 heterocycles. The Bertz CT molecular complexity index is 850. The molecule has 0 radical (unpaired) electrons. The van der Waals surface area contributed by atoms with E-state index < -0.39 is 6.09 Å². The number of ether oxygens (including phenoxy) is 3. The molecule has 2 aromatic carbocycles. The summed E-state index contributed by atoms with van der Waals surface area (Å²) in [7, 11) is 1.60.